The Bertz CT molecular complexity index is 1610. The molecule has 4 rings (SSSR count). The highest BCUT2D eigenvalue weighted by Gasteiger charge is 2.36. The Morgan fingerprint density at radius 1 is 0.957 bits per heavy atom. The molecule has 0 radical (unpaired) electrons. The fourth-order valence-corrected chi connectivity index (χ4v) is 4.30. The molecule has 46 heavy (non-hydrogen) atoms. The minimum absolute atomic E-state index is 0.0201. The van der Waals surface area contributed by atoms with E-state index in [9.17, 15) is 27.6 Å². The number of ether oxygens (including phenoxy) is 3. The van der Waals surface area contributed by atoms with Crippen molar-refractivity contribution in [2.75, 3.05) is 63.0 Å². The van der Waals surface area contributed by atoms with Crippen molar-refractivity contribution in [2.45, 2.75) is 13.1 Å². The number of benzene rings is 1. The van der Waals surface area contributed by atoms with Crippen LogP contribution in [0.5, 0.6) is 17.4 Å². The largest absolute Gasteiger partial charge is 0.493 e. The molecule has 1 aromatic carbocycles. The Balaban J connectivity index is 1.58. The minimum atomic E-state index is -4.84. The summed E-state index contributed by atoms with van der Waals surface area (Å²) in [7, 11) is 2.78. The molecule has 0 saturated carbocycles. The molecular weight excluding hydrogens is 613 g/mol. The van der Waals surface area contributed by atoms with Crippen LogP contribution >= 0.6 is 0 Å². The van der Waals surface area contributed by atoms with Gasteiger partial charge in [0.25, 0.3) is 5.91 Å². The average molecular weight is 645 g/mol. The van der Waals surface area contributed by atoms with E-state index >= 15 is 0 Å². The number of nitrogens with zero attached hydrogens (tertiary/aromatic N) is 5. The molecule has 0 bridgehead atoms. The summed E-state index contributed by atoms with van der Waals surface area (Å²) in [6.07, 6.45) is -1.91. The standard InChI is InChI=1S/C29H31F3N8O6/c1-5-24(42)35-21-12-18(46-16-26(43)40-10-8-39(9-11-40)17(2)41)6-7-20(21)36-27-19(29(30,31)32)14-34-28(38-27)37-22-13-25(45-4)33-15-23(22)44-3/h5-7,12-15H,1,8-11,16H2,2-4H3,(H,35,42)(H2,33,34,36,37,38). The van der Waals surface area contributed by atoms with Crippen molar-refractivity contribution in [3.05, 3.63) is 54.9 Å². The van der Waals surface area contributed by atoms with E-state index in [2.05, 4.69) is 37.5 Å². The molecule has 2 aromatic heterocycles. The highest BCUT2D eigenvalue weighted by molar-refractivity contribution is 6.01. The molecule has 1 aliphatic heterocycles. The third-order valence-electron chi connectivity index (χ3n) is 6.74. The quantitative estimate of drug-likeness (QED) is 0.262. The molecule has 0 atom stereocenters. The van der Waals surface area contributed by atoms with Gasteiger partial charge >= 0.3 is 6.18 Å². The molecule has 17 heteroatoms. The number of piperazine rings is 1. The number of rotatable bonds is 11. The molecule has 1 aliphatic rings. The minimum Gasteiger partial charge on any atom is -0.493 e. The molecule has 244 valence electrons. The van der Waals surface area contributed by atoms with Crippen molar-refractivity contribution < 1.29 is 41.8 Å². The molecule has 1 saturated heterocycles. The normalized spacial score (nSPS) is 13.0. The maximum absolute atomic E-state index is 14.0. The lowest BCUT2D eigenvalue weighted by atomic mass is 10.2. The monoisotopic (exact) mass is 644 g/mol. The van der Waals surface area contributed by atoms with Crippen LogP contribution in [0.25, 0.3) is 0 Å². The Kier molecular flexibility index (Phi) is 10.5. The number of carbonyl (C=O) groups excluding carboxylic acids is 3. The Labute approximate surface area is 261 Å². The second-order valence-corrected chi connectivity index (χ2v) is 9.71. The van der Waals surface area contributed by atoms with Crippen molar-refractivity contribution in [3.63, 3.8) is 0 Å². The molecule has 0 spiro atoms. The SMILES string of the molecule is C=CC(=O)Nc1cc(OCC(=O)N2CCN(C(C)=O)CC2)ccc1Nc1nc(Nc2cc(OC)ncc2OC)ncc1C(F)(F)F. The summed E-state index contributed by atoms with van der Waals surface area (Å²) in [5.41, 5.74) is -0.871. The first-order valence-corrected chi connectivity index (χ1v) is 13.7. The first-order valence-electron chi connectivity index (χ1n) is 13.7. The number of aromatic nitrogens is 3. The third kappa shape index (κ3) is 8.30. The first-order chi connectivity index (χ1) is 21.9. The molecule has 14 nitrogen and oxygen atoms in total. The summed E-state index contributed by atoms with van der Waals surface area (Å²) >= 11 is 0. The van der Waals surface area contributed by atoms with Crippen LogP contribution in [0.4, 0.5) is 42.0 Å². The summed E-state index contributed by atoms with van der Waals surface area (Å²) in [5.74, 6) is -1.29. The second-order valence-electron chi connectivity index (χ2n) is 9.71. The van der Waals surface area contributed by atoms with Gasteiger partial charge in [-0.1, -0.05) is 6.58 Å². The summed E-state index contributed by atoms with van der Waals surface area (Å²) in [6.45, 7) is 6.04. The number of nitrogens with one attached hydrogen (secondary N) is 3. The number of methoxy groups -OCH3 is 2. The molecule has 0 unspecified atom stereocenters. The van der Waals surface area contributed by atoms with Gasteiger partial charge in [0.05, 0.1) is 37.5 Å². The van der Waals surface area contributed by atoms with Gasteiger partial charge in [-0.05, 0) is 18.2 Å². The average Bonchev–Trinajstić information content (AvgIpc) is 3.04. The van der Waals surface area contributed by atoms with Crippen molar-refractivity contribution in [1.29, 1.82) is 0 Å². The van der Waals surface area contributed by atoms with Crippen molar-refractivity contribution in [3.8, 4) is 17.4 Å². The van der Waals surface area contributed by atoms with E-state index in [1.165, 1.54) is 51.6 Å². The van der Waals surface area contributed by atoms with Gasteiger partial charge in [0.1, 0.15) is 17.1 Å². The Hall–Kier alpha value is -5.61. The van der Waals surface area contributed by atoms with Gasteiger partial charge in [0, 0.05) is 51.4 Å². The molecule has 3 N–H and O–H groups in total. The van der Waals surface area contributed by atoms with Crippen LogP contribution in [0.2, 0.25) is 0 Å². The number of hydrogen-bond acceptors (Lipinski definition) is 11. The number of hydrogen-bond donors (Lipinski definition) is 3. The number of pyridine rings is 1. The zero-order valence-electron chi connectivity index (χ0n) is 25.1. The third-order valence-corrected chi connectivity index (χ3v) is 6.74. The predicted octanol–water partition coefficient (Wildman–Crippen LogP) is 3.59. The van der Waals surface area contributed by atoms with Gasteiger partial charge in [0.2, 0.25) is 23.6 Å². The smallest absolute Gasteiger partial charge is 0.421 e. The van der Waals surface area contributed by atoms with E-state index in [-0.39, 0.29) is 58.8 Å². The van der Waals surface area contributed by atoms with Crippen molar-refractivity contribution in [1.82, 2.24) is 24.8 Å². The highest BCUT2D eigenvalue weighted by atomic mass is 19.4. The number of anilines is 5. The van der Waals surface area contributed by atoms with Crippen molar-refractivity contribution in [2.24, 2.45) is 0 Å². The predicted molar refractivity (Wildman–Crippen MR) is 161 cm³/mol. The van der Waals surface area contributed by atoms with Crippen LogP contribution in [-0.4, -0.2) is 89.5 Å². The van der Waals surface area contributed by atoms with Crippen LogP contribution in [0.1, 0.15) is 12.5 Å². The lowest BCUT2D eigenvalue weighted by Crippen LogP contribution is -2.51. The van der Waals surface area contributed by atoms with Crippen LogP contribution < -0.4 is 30.2 Å². The second kappa shape index (κ2) is 14.4. The zero-order chi connectivity index (χ0) is 33.4. The fraction of sp³-hybridized carbons (Fsp3) is 0.310. The lowest BCUT2D eigenvalue weighted by molar-refractivity contribution is -0.139. The van der Waals surface area contributed by atoms with Crippen LogP contribution in [0.15, 0.2) is 49.3 Å². The van der Waals surface area contributed by atoms with E-state index in [0.29, 0.717) is 32.4 Å². The zero-order valence-corrected chi connectivity index (χ0v) is 25.1. The fourth-order valence-electron chi connectivity index (χ4n) is 4.30. The maximum atomic E-state index is 14.0. The van der Waals surface area contributed by atoms with Gasteiger partial charge in [0.15, 0.2) is 12.4 Å². The molecule has 1 fully saturated rings. The summed E-state index contributed by atoms with van der Waals surface area (Å²) < 4.78 is 58.0. The Morgan fingerprint density at radius 2 is 1.67 bits per heavy atom. The summed E-state index contributed by atoms with van der Waals surface area (Å²) in [6, 6.07) is 5.56. The summed E-state index contributed by atoms with van der Waals surface area (Å²) in [5, 5.41) is 7.94. The van der Waals surface area contributed by atoms with Gasteiger partial charge in [-0.25, -0.2) is 9.97 Å². The topological polar surface area (TPSA) is 160 Å². The molecule has 3 amide bonds. The highest BCUT2D eigenvalue weighted by Crippen LogP contribution is 2.38. The number of amides is 3. The van der Waals surface area contributed by atoms with E-state index in [1.807, 2.05) is 0 Å². The summed E-state index contributed by atoms with van der Waals surface area (Å²) in [4.78, 5) is 51.5. The molecular formula is C29H31F3N8O6. The van der Waals surface area contributed by atoms with Crippen LogP contribution in [-0.2, 0) is 20.6 Å². The van der Waals surface area contributed by atoms with E-state index in [0.717, 1.165) is 6.08 Å². The molecule has 0 aliphatic carbocycles. The number of halogens is 3. The van der Waals surface area contributed by atoms with Gasteiger partial charge in [-0.3, -0.25) is 14.4 Å². The number of alkyl halides is 3. The van der Waals surface area contributed by atoms with E-state index in [1.54, 1.807) is 9.80 Å². The maximum Gasteiger partial charge on any atom is 0.421 e. The van der Waals surface area contributed by atoms with E-state index < -0.39 is 23.5 Å². The lowest BCUT2D eigenvalue weighted by Gasteiger charge is -2.34. The molecule has 3 heterocycles. The van der Waals surface area contributed by atoms with Gasteiger partial charge < -0.3 is 40.0 Å². The van der Waals surface area contributed by atoms with E-state index in [4.69, 9.17) is 14.2 Å². The van der Waals surface area contributed by atoms with Crippen molar-refractivity contribution >= 4 is 46.5 Å². The van der Waals surface area contributed by atoms with Gasteiger partial charge in [-0.15, -0.1) is 0 Å². The van der Waals surface area contributed by atoms with Crippen LogP contribution in [0, 0.1) is 0 Å². The number of carbonyl (C=O) groups is 3. The first kappa shape index (κ1) is 33.3. The van der Waals surface area contributed by atoms with Crippen LogP contribution in [0.3, 0.4) is 0 Å². The van der Waals surface area contributed by atoms with Gasteiger partial charge in [-0.2, -0.15) is 18.2 Å². The molecule has 3 aromatic rings. The Morgan fingerprint density at radius 3 is 2.30 bits per heavy atom.